The van der Waals surface area contributed by atoms with Crippen molar-refractivity contribution in [2.75, 3.05) is 45.9 Å². The fourth-order valence-electron chi connectivity index (χ4n) is 6.47. The summed E-state index contributed by atoms with van der Waals surface area (Å²) in [5.41, 5.74) is 0.673. The number of piperazine rings is 1. The fourth-order valence-corrected chi connectivity index (χ4v) is 6.47. The lowest BCUT2D eigenvalue weighted by Gasteiger charge is -2.36. The van der Waals surface area contributed by atoms with Crippen molar-refractivity contribution >= 4 is 29.7 Å². The Hall–Kier alpha value is -4.62. The molecule has 2 aliphatic carbocycles. The molecule has 264 valence electrons. The molecule has 0 spiro atoms. The highest BCUT2D eigenvalue weighted by atomic mass is 16.6. The van der Waals surface area contributed by atoms with Crippen LogP contribution in [0, 0.1) is 5.92 Å². The van der Waals surface area contributed by atoms with Gasteiger partial charge in [0, 0.05) is 44.8 Å². The van der Waals surface area contributed by atoms with Crippen LogP contribution in [-0.2, 0) is 19.1 Å². The molecule has 49 heavy (non-hydrogen) atoms. The molecule has 4 aliphatic rings. The number of nitrogens with one attached hydrogen (secondary N) is 2. The van der Waals surface area contributed by atoms with Crippen molar-refractivity contribution in [3.8, 4) is 11.6 Å². The standard InChI is InChI=1S/C35H47N7O7/c1-2-3-21-48-35(47)40-19-17-39(18-20-40)34(46)31(24-14-15-24)37-32(44)27-22-30(42(38-27)26-11-5-4-6-12-26)49-23-29(43)41-16-8-13-28(41)33(45)36-25-9-7-10-25/h4-6,11-12,22,24-25,28,31H,2-3,7-10,13-21,23H2,1H3,(H,36,45)(H,37,44)/t28-,31-/m0/s1. The van der Waals surface area contributed by atoms with Gasteiger partial charge in [0.1, 0.15) is 12.1 Å². The summed E-state index contributed by atoms with van der Waals surface area (Å²) in [5, 5.41) is 10.5. The highest BCUT2D eigenvalue weighted by Crippen LogP contribution is 2.34. The summed E-state index contributed by atoms with van der Waals surface area (Å²) in [6.07, 6.45) is 7.42. The van der Waals surface area contributed by atoms with Gasteiger partial charge in [-0.15, -0.1) is 0 Å². The van der Waals surface area contributed by atoms with Crippen LogP contribution in [0.1, 0.15) is 75.2 Å². The lowest BCUT2D eigenvalue weighted by atomic mass is 9.93. The smallest absolute Gasteiger partial charge is 0.409 e. The number of carbonyl (C=O) groups is 5. The monoisotopic (exact) mass is 677 g/mol. The molecule has 4 fully saturated rings. The van der Waals surface area contributed by atoms with Crippen molar-refractivity contribution in [3.63, 3.8) is 0 Å². The molecule has 2 saturated carbocycles. The van der Waals surface area contributed by atoms with E-state index in [0.717, 1.165) is 51.4 Å². The first-order valence-corrected chi connectivity index (χ1v) is 17.7. The molecule has 2 aliphatic heterocycles. The third-order valence-electron chi connectivity index (χ3n) is 9.80. The number of hydrogen-bond acceptors (Lipinski definition) is 8. The number of hydrogen-bond donors (Lipinski definition) is 2. The van der Waals surface area contributed by atoms with Gasteiger partial charge in [0.05, 0.1) is 12.3 Å². The van der Waals surface area contributed by atoms with Crippen LogP contribution in [0.3, 0.4) is 0 Å². The molecule has 14 heteroatoms. The second-order valence-electron chi connectivity index (χ2n) is 13.4. The molecule has 1 aromatic carbocycles. The van der Waals surface area contributed by atoms with Gasteiger partial charge >= 0.3 is 6.09 Å². The van der Waals surface area contributed by atoms with Gasteiger partial charge < -0.3 is 34.8 Å². The van der Waals surface area contributed by atoms with E-state index < -0.39 is 18.0 Å². The number of amides is 5. The average molecular weight is 678 g/mol. The van der Waals surface area contributed by atoms with Crippen molar-refractivity contribution in [2.45, 2.75) is 82.8 Å². The van der Waals surface area contributed by atoms with Crippen LogP contribution >= 0.6 is 0 Å². The minimum Gasteiger partial charge on any atom is -0.467 e. The first-order chi connectivity index (χ1) is 23.8. The lowest BCUT2D eigenvalue weighted by molar-refractivity contribution is -0.140. The minimum atomic E-state index is -0.721. The lowest BCUT2D eigenvalue weighted by Crippen LogP contribution is -2.56. The topological polar surface area (TPSA) is 155 Å². The first-order valence-electron chi connectivity index (χ1n) is 17.7. The first kappa shape index (κ1) is 34.3. The molecule has 2 aromatic rings. The van der Waals surface area contributed by atoms with E-state index in [1.165, 1.54) is 10.7 Å². The van der Waals surface area contributed by atoms with Gasteiger partial charge in [0.2, 0.25) is 17.7 Å². The number of ether oxygens (including phenoxy) is 2. The molecule has 0 bridgehead atoms. The number of para-hydroxylation sites is 1. The van der Waals surface area contributed by atoms with E-state index in [1.54, 1.807) is 26.8 Å². The Morgan fingerprint density at radius 1 is 0.918 bits per heavy atom. The van der Waals surface area contributed by atoms with E-state index in [9.17, 15) is 24.0 Å². The molecule has 2 N–H and O–H groups in total. The summed E-state index contributed by atoms with van der Waals surface area (Å²) in [5.74, 6) is -0.923. The molecule has 0 unspecified atom stereocenters. The zero-order valence-electron chi connectivity index (χ0n) is 28.2. The number of unbranched alkanes of at least 4 members (excludes halogenated alkanes) is 1. The zero-order valence-corrected chi connectivity index (χ0v) is 28.2. The molecule has 2 saturated heterocycles. The average Bonchev–Trinajstić information content (AvgIpc) is 3.65. The number of rotatable bonds is 13. The van der Waals surface area contributed by atoms with Crippen LogP contribution in [-0.4, -0.2) is 118 Å². The quantitative estimate of drug-likeness (QED) is 0.307. The molecule has 6 rings (SSSR count). The third kappa shape index (κ3) is 8.34. The highest BCUT2D eigenvalue weighted by molar-refractivity contribution is 5.97. The fraction of sp³-hybridized carbons (Fsp3) is 0.600. The van der Waals surface area contributed by atoms with Gasteiger partial charge in [-0.1, -0.05) is 31.5 Å². The van der Waals surface area contributed by atoms with Crippen LogP contribution in [0.15, 0.2) is 36.4 Å². The third-order valence-corrected chi connectivity index (χ3v) is 9.80. The van der Waals surface area contributed by atoms with Crippen molar-refractivity contribution in [1.82, 2.24) is 35.1 Å². The van der Waals surface area contributed by atoms with E-state index in [1.807, 2.05) is 25.1 Å². The summed E-state index contributed by atoms with van der Waals surface area (Å²) in [4.78, 5) is 70.7. The number of likely N-dealkylation sites (tertiary alicyclic amines) is 1. The molecular weight excluding hydrogens is 630 g/mol. The van der Waals surface area contributed by atoms with Crippen molar-refractivity contribution in [2.24, 2.45) is 5.92 Å². The van der Waals surface area contributed by atoms with Crippen LogP contribution in [0.25, 0.3) is 5.69 Å². The van der Waals surface area contributed by atoms with Gasteiger partial charge in [-0.2, -0.15) is 5.10 Å². The predicted octanol–water partition coefficient (Wildman–Crippen LogP) is 2.50. The number of nitrogens with zero attached hydrogens (tertiary/aromatic N) is 5. The number of benzene rings is 1. The molecule has 0 radical (unpaired) electrons. The number of carbonyl (C=O) groups excluding carboxylic acids is 5. The Labute approximate surface area is 286 Å². The van der Waals surface area contributed by atoms with E-state index in [2.05, 4.69) is 15.7 Å². The largest absolute Gasteiger partial charge is 0.467 e. The van der Waals surface area contributed by atoms with Crippen molar-refractivity contribution < 1.29 is 33.4 Å². The SMILES string of the molecule is CCCCOC(=O)N1CCN(C(=O)[C@@H](NC(=O)c2cc(OCC(=O)N3CCC[C@H]3C(=O)NC3CCC3)n(-c3ccccc3)n2)C2CC2)CC1. The second kappa shape index (κ2) is 15.7. The molecule has 2 atom stereocenters. The Balaban J connectivity index is 1.09. The van der Waals surface area contributed by atoms with Gasteiger partial charge in [0.25, 0.3) is 11.8 Å². The summed E-state index contributed by atoms with van der Waals surface area (Å²) in [6.45, 7) is 4.01. The van der Waals surface area contributed by atoms with Crippen LogP contribution in [0.5, 0.6) is 5.88 Å². The molecule has 5 amide bonds. The van der Waals surface area contributed by atoms with Crippen molar-refractivity contribution in [3.05, 3.63) is 42.1 Å². The van der Waals surface area contributed by atoms with E-state index in [-0.39, 0.29) is 54.0 Å². The van der Waals surface area contributed by atoms with Gasteiger partial charge in [0.15, 0.2) is 12.3 Å². The molecular formula is C35H47N7O7. The molecule has 14 nitrogen and oxygen atoms in total. The Morgan fingerprint density at radius 3 is 2.33 bits per heavy atom. The van der Waals surface area contributed by atoms with E-state index in [0.29, 0.717) is 51.4 Å². The maximum Gasteiger partial charge on any atom is 0.409 e. The van der Waals surface area contributed by atoms with Gasteiger partial charge in [-0.05, 0) is 69.4 Å². The molecule has 1 aromatic heterocycles. The normalized spacial score (nSPS) is 19.9. The van der Waals surface area contributed by atoms with Gasteiger partial charge in [-0.25, -0.2) is 9.48 Å². The molecule has 3 heterocycles. The summed E-state index contributed by atoms with van der Waals surface area (Å²) >= 11 is 0. The summed E-state index contributed by atoms with van der Waals surface area (Å²) in [6, 6.07) is 9.54. The Bertz CT molecular complexity index is 1500. The minimum absolute atomic E-state index is 0.0212. The predicted molar refractivity (Wildman–Crippen MR) is 178 cm³/mol. The van der Waals surface area contributed by atoms with Crippen molar-refractivity contribution in [1.29, 1.82) is 0 Å². The van der Waals surface area contributed by atoms with Crippen LogP contribution < -0.4 is 15.4 Å². The summed E-state index contributed by atoms with van der Waals surface area (Å²) in [7, 11) is 0. The summed E-state index contributed by atoms with van der Waals surface area (Å²) < 4.78 is 12.8. The van der Waals surface area contributed by atoms with Crippen LogP contribution in [0.2, 0.25) is 0 Å². The van der Waals surface area contributed by atoms with E-state index >= 15 is 0 Å². The Kier molecular flexibility index (Phi) is 11.0. The Morgan fingerprint density at radius 2 is 1.65 bits per heavy atom. The van der Waals surface area contributed by atoms with E-state index in [4.69, 9.17) is 9.47 Å². The second-order valence-corrected chi connectivity index (χ2v) is 13.4. The van der Waals surface area contributed by atoms with Crippen LogP contribution in [0.4, 0.5) is 4.79 Å². The maximum absolute atomic E-state index is 13.6. The maximum atomic E-state index is 13.6. The highest BCUT2D eigenvalue weighted by Gasteiger charge is 2.41. The zero-order chi connectivity index (χ0) is 34.3. The van der Waals surface area contributed by atoms with Gasteiger partial charge in [-0.3, -0.25) is 19.2 Å². The number of aromatic nitrogens is 2.